The maximum absolute atomic E-state index is 9.59. The van der Waals surface area contributed by atoms with Gasteiger partial charge in [-0.15, -0.1) is 0 Å². The van der Waals surface area contributed by atoms with Crippen molar-refractivity contribution in [1.29, 1.82) is 0 Å². The van der Waals surface area contributed by atoms with Gasteiger partial charge in [-0.2, -0.15) is 0 Å². The quantitative estimate of drug-likeness (QED) is 0.738. The molecule has 0 amide bonds. The van der Waals surface area contributed by atoms with Crippen LogP contribution in [0.2, 0.25) is 36.3 Å². The third-order valence-corrected chi connectivity index (χ3v) is 13.9. The van der Waals surface area contributed by atoms with Crippen molar-refractivity contribution < 1.29 is 14.0 Å². The Balaban J connectivity index is 4.68. The van der Waals surface area contributed by atoms with Crippen molar-refractivity contribution in [2.45, 2.75) is 83.9 Å². The molecule has 0 radical (unpaired) electrons. The standard InChI is InChI=1S/C15H36O3Si2/c1-14(2,3)19(7,8)17-12-13(11-16)18-20(9,10)15(4,5)6/h13,16H,11-12H2,1-10H3/t13-/m1/s1. The maximum atomic E-state index is 9.59. The zero-order valence-electron chi connectivity index (χ0n) is 15.3. The van der Waals surface area contributed by atoms with Crippen LogP contribution in [0.15, 0.2) is 0 Å². The SMILES string of the molecule is CC(C)(C)[Si](C)(C)OC[C@@H](CO)O[Si](C)(C)C(C)(C)C. The average molecular weight is 321 g/mol. The zero-order valence-corrected chi connectivity index (χ0v) is 17.3. The van der Waals surface area contributed by atoms with Crippen LogP contribution in [0.1, 0.15) is 41.5 Å². The van der Waals surface area contributed by atoms with Crippen LogP contribution in [-0.4, -0.2) is 41.1 Å². The summed E-state index contributed by atoms with van der Waals surface area (Å²) in [5.41, 5.74) is 0. The van der Waals surface area contributed by atoms with Crippen molar-refractivity contribution in [3.05, 3.63) is 0 Å². The Kier molecular flexibility index (Phi) is 6.71. The van der Waals surface area contributed by atoms with Gasteiger partial charge in [0.15, 0.2) is 16.6 Å². The van der Waals surface area contributed by atoms with Crippen molar-refractivity contribution in [2.75, 3.05) is 13.2 Å². The molecule has 0 aliphatic heterocycles. The minimum Gasteiger partial charge on any atom is -0.414 e. The zero-order chi connectivity index (χ0) is 16.4. The van der Waals surface area contributed by atoms with Gasteiger partial charge in [0, 0.05) is 0 Å². The van der Waals surface area contributed by atoms with Crippen molar-refractivity contribution in [3.63, 3.8) is 0 Å². The third-order valence-electron chi connectivity index (χ3n) is 4.91. The Labute approximate surface area is 128 Å². The summed E-state index contributed by atoms with van der Waals surface area (Å²) in [5, 5.41) is 9.92. The first kappa shape index (κ1) is 20.3. The molecule has 0 aromatic carbocycles. The highest BCUT2D eigenvalue weighted by molar-refractivity contribution is 6.74. The van der Waals surface area contributed by atoms with E-state index >= 15 is 0 Å². The molecule has 0 aromatic rings. The Morgan fingerprint density at radius 2 is 1.25 bits per heavy atom. The van der Waals surface area contributed by atoms with E-state index in [0.29, 0.717) is 6.61 Å². The normalized spacial score (nSPS) is 16.4. The van der Waals surface area contributed by atoms with E-state index in [1.165, 1.54) is 0 Å². The summed E-state index contributed by atoms with van der Waals surface area (Å²) < 4.78 is 12.4. The van der Waals surface area contributed by atoms with E-state index in [9.17, 15) is 5.11 Å². The van der Waals surface area contributed by atoms with E-state index in [0.717, 1.165) is 0 Å². The lowest BCUT2D eigenvalue weighted by atomic mass is 10.2. The molecule has 1 atom stereocenters. The lowest BCUT2D eigenvalue weighted by Gasteiger charge is -2.41. The molecule has 0 heterocycles. The van der Waals surface area contributed by atoms with Crippen LogP contribution in [0.3, 0.4) is 0 Å². The van der Waals surface area contributed by atoms with Gasteiger partial charge >= 0.3 is 0 Å². The molecule has 0 rings (SSSR count). The Hall–Kier alpha value is 0.314. The van der Waals surface area contributed by atoms with E-state index in [-0.39, 0.29) is 22.8 Å². The summed E-state index contributed by atoms with van der Waals surface area (Å²) in [5.74, 6) is 0. The topological polar surface area (TPSA) is 38.7 Å². The van der Waals surface area contributed by atoms with E-state index in [2.05, 4.69) is 67.7 Å². The van der Waals surface area contributed by atoms with Crippen LogP contribution in [0.25, 0.3) is 0 Å². The third kappa shape index (κ3) is 5.60. The first-order valence-corrected chi connectivity index (χ1v) is 13.4. The molecule has 0 unspecified atom stereocenters. The molecule has 0 aliphatic carbocycles. The number of rotatable bonds is 6. The Morgan fingerprint density at radius 1 is 0.850 bits per heavy atom. The minimum absolute atomic E-state index is 0.0289. The highest BCUT2D eigenvalue weighted by Gasteiger charge is 2.41. The van der Waals surface area contributed by atoms with Gasteiger partial charge in [0.05, 0.1) is 19.3 Å². The lowest BCUT2D eigenvalue weighted by molar-refractivity contribution is 0.0567. The van der Waals surface area contributed by atoms with Crippen molar-refractivity contribution >= 4 is 16.6 Å². The molecule has 0 aliphatic rings. The van der Waals surface area contributed by atoms with Gasteiger partial charge in [-0.25, -0.2) is 0 Å². The van der Waals surface area contributed by atoms with Gasteiger partial charge in [-0.1, -0.05) is 41.5 Å². The van der Waals surface area contributed by atoms with Crippen LogP contribution in [0.5, 0.6) is 0 Å². The molecular weight excluding hydrogens is 284 g/mol. The van der Waals surface area contributed by atoms with Gasteiger partial charge < -0.3 is 14.0 Å². The highest BCUT2D eigenvalue weighted by atomic mass is 28.4. The minimum atomic E-state index is -1.86. The molecule has 20 heavy (non-hydrogen) atoms. The largest absolute Gasteiger partial charge is 0.414 e. The molecule has 0 saturated heterocycles. The summed E-state index contributed by atoms with van der Waals surface area (Å²) in [6, 6.07) is 0. The molecule has 3 nitrogen and oxygen atoms in total. The predicted octanol–water partition coefficient (Wildman–Crippen LogP) is 4.39. The predicted molar refractivity (Wildman–Crippen MR) is 92.3 cm³/mol. The number of aliphatic hydroxyl groups is 1. The van der Waals surface area contributed by atoms with Crippen LogP contribution in [-0.2, 0) is 8.85 Å². The van der Waals surface area contributed by atoms with Crippen LogP contribution in [0, 0.1) is 0 Å². The molecule has 0 spiro atoms. The molecular formula is C15H36O3Si2. The number of hydrogen-bond donors (Lipinski definition) is 1. The number of aliphatic hydroxyl groups excluding tert-OH is 1. The average Bonchev–Trinajstić information content (AvgIpc) is 2.20. The van der Waals surface area contributed by atoms with Crippen LogP contribution < -0.4 is 0 Å². The van der Waals surface area contributed by atoms with E-state index < -0.39 is 16.6 Å². The van der Waals surface area contributed by atoms with Gasteiger partial charge in [0.1, 0.15) is 0 Å². The van der Waals surface area contributed by atoms with Gasteiger partial charge in [0.25, 0.3) is 0 Å². The van der Waals surface area contributed by atoms with E-state index in [4.69, 9.17) is 8.85 Å². The van der Waals surface area contributed by atoms with Gasteiger partial charge in [0.2, 0.25) is 0 Å². The van der Waals surface area contributed by atoms with Crippen LogP contribution in [0.4, 0.5) is 0 Å². The van der Waals surface area contributed by atoms with Crippen molar-refractivity contribution in [1.82, 2.24) is 0 Å². The maximum Gasteiger partial charge on any atom is 0.192 e. The van der Waals surface area contributed by atoms with Gasteiger partial charge in [-0.05, 0) is 36.3 Å². The fourth-order valence-electron chi connectivity index (χ4n) is 1.24. The summed E-state index contributed by atoms with van der Waals surface area (Å²) in [4.78, 5) is 0. The summed E-state index contributed by atoms with van der Waals surface area (Å²) in [6.45, 7) is 22.7. The first-order valence-electron chi connectivity index (χ1n) is 7.57. The first-order chi connectivity index (χ1) is 8.64. The number of hydrogen-bond acceptors (Lipinski definition) is 3. The molecule has 0 aromatic heterocycles. The highest BCUT2D eigenvalue weighted by Crippen LogP contribution is 2.39. The molecule has 0 saturated carbocycles. The molecule has 1 N–H and O–H groups in total. The second-order valence-corrected chi connectivity index (χ2v) is 18.3. The molecule has 122 valence electrons. The monoisotopic (exact) mass is 320 g/mol. The molecule has 5 heteroatoms. The smallest absolute Gasteiger partial charge is 0.192 e. The Bertz CT molecular complexity index is 301. The summed E-state index contributed by atoms with van der Waals surface area (Å²) in [6.07, 6.45) is -0.204. The summed E-state index contributed by atoms with van der Waals surface area (Å²) in [7, 11) is -3.64. The Morgan fingerprint density at radius 3 is 1.55 bits per heavy atom. The summed E-state index contributed by atoms with van der Waals surface area (Å²) >= 11 is 0. The van der Waals surface area contributed by atoms with Crippen LogP contribution >= 0.6 is 0 Å². The fourth-order valence-corrected chi connectivity index (χ4v) is 3.60. The second kappa shape index (κ2) is 6.61. The fraction of sp³-hybridized carbons (Fsp3) is 1.00. The van der Waals surface area contributed by atoms with E-state index in [1.807, 2.05) is 0 Å². The lowest BCUT2D eigenvalue weighted by Crippen LogP contribution is -2.48. The molecule has 0 fully saturated rings. The van der Waals surface area contributed by atoms with Crippen molar-refractivity contribution in [2.24, 2.45) is 0 Å². The molecule has 0 bridgehead atoms. The van der Waals surface area contributed by atoms with Crippen molar-refractivity contribution in [3.8, 4) is 0 Å². The van der Waals surface area contributed by atoms with Gasteiger partial charge in [-0.3, -0.25) is 0 Å². The second-order valence-electron chi connectivity index (χ2n) is 8.75. The van der Waals surface area contributed by atoms with E-state index in [1.54, 1.807) is 0 Å².